The normalized spacial score (nSPS) is 12.2. The van der Waals surface area contributed by atoms with E-state index in [1.165, 1.54) is 0 Å². The first kappa shape index (κ1) is 21.6. The van der Waals surface area contributed by atoms with Crippen molar-refractivity contribution in [3.8, 4) is 0 Å². The molecule has 0 saturated carbocycles. The summed E-state index contributed by atoms with van der Waals surface area (Å²) in [6, 6.07) is 0. The first-order valence-corrected chi connectivity index (χ1v) is 8.01. The molecule has 2 heterocycles. The van der Waals surface area contributed by atoms with Gasteiger partial charge in [0.1, 0.15) is 11.4 Å². The first-order valence-electron chi connectivity index (χ1n) is 8.01. The highest BCUT2D eigenvalue weighted by Crippen LogP contribution is 2.24. The van der Waals surface area contributed by atoms with Crippen molar-refractivity contribution in [1.29, 1.82) is 0 Å². The molecule has 1 unspecified atom stereocenters. The fourth-order valence-electron chi connectivity index (χ4n) is 2.33. The van der Waals surface area contributed by atoms with Crippen LogP contribution >= 0.6 is 0 Å². The molecule has 2 aromatic rings. The van der Waals surface area contributed by atoms with Crippen LogP contribution in [0, 0.1) is 53.0 Å². The molecule has 2 N–H and O–H groups in total. The third kappa shape index (κ3) is 4.78. The second kappa shape index (κ2) is 9.02. The number of anilines is 2. The Morgan fingerprint density at radius 3 is 1.50 bits per heavy atom. The second-order valence-electron chi connectivity index (χ2n) is 5.95. The molecule has 0 saturated heterocycles. The molecular formula is C16H14F8N4. The fourth-order valence-corrected chi connectivity index (χ4v) is 2.33. The van der Waals surface area contributed by atoms with Crippen molar-refractivity contribution in [2.45, 2.75) is 19.8 Å². The van der Waals surface area contributed by atoms with Gasteiger partial charge >= 0.3 is 0 Å². The second-order valence-corrected chi connectivity index (χ2v) is 5.95. The molecular weight excluding hydrogens is 400 g/mol. The summed E-state index contributed by atoms with van der Waals surface area (Å²) < 4.78 is 106. The van der Waals surface area contributed by atoms with Gasteiger partial charge in [-0.15, -0.1) is 0 Å². The molecule has 12 heteroatoms. The maximum Gasteiger partial charge on any atom is 0.253 e. The van der Waals surface area contributed by atoms with Gasteiger partial charge in [-0.1, -0.05) is 6.92 Å². The van der Waals surface area contributed by atoms with Gasteiger partial charge in [0.15, 0.2) is 0 Å². The maximum atomic E-state index is 13.5. The Morgan fingerprint density at radius 1 is 0.679 bits per heavy atom. The molecule has 0 aliphatic rings. The summed E-state index contributed by atoms with van der Waals surface area (Å²) in [6.07, 6.45) is 0.579. The van der Waals surface area contributed by atoms with Gasteiger partial charge in [-0.05, 0) is 18.8 Å². The zero-order valence-corrected chi connectivity index (χ0v) is 14.3. The predicted molar refractivity (Wildman–Crippen MR) is 83.5 cm³/mol. The smallest absolute Gasteiger partial charge is 0.253 e. The molecule has 0 amide bonds. The van der Waals surface area contributed by atoms with Gasteiger partial charge in [-0.25, -0.2) is 0 Å². The Labute approximate surface area is 154 Å². The van der Waals surface area contributed by atoms with Crippen molar-refractivity contribution < 1.29 is 35.1 Å². The van der Waals surface area contributed by atoms with Crippen molar-refractivity contribution >= 4 is 11.4 Å². The minimum absolute atomic E-state index is 0.0810. The minimum atomic E-state index is -1.79. The van der Waals surface area contributed by atoms with E-state index in [-0.39, 0.29) is 25.4 Å². The van der Waals surface area contributed by atoms with Crippen LogP contribution in [0.5, 0.6) is 0 Å². The summed E-state index contributed by atoms with van der Waals surface area (Å²) in [5, 5.41) is 4.44. The van der Waals surface area contributed by atoms with Crippen molar-refractivity contribution in [2.75, 3.05) is 23.7 Å². The summed E-state index contributed by atoms with van der Waals surface area (Å²) in [5.74, 6) is -14.1. The molecule has 0 aliphatic heterocycles. The van der Waals surface area contributed by atoms with Gasteiger partial charge in [0, 0.05) is 13.1 Å². The average molecular weight is 414 g/mol. The SMILES string of the molecule is CC(CCCNc1c(F)c(F)nc(F)c1F)CNc1c(F)c(F)nc(F)c1F. The van der Waals surface area contributed by atoms with Gasteiger partial charge in [0.05, 0.1) is 0 Å². The van der Waals surface area contributed by atoms with Crippen LogP contribution in [0.2, 0.25) is 0 Å². The molecule has 2 aromatic heterocycles. The van der Waals surface area contributed by atoms with E-state index in [1.54, 1.807) is 6.92 Å². The zero-order valence-electron chi connectivity index (χ0n) is 14.3. The topological polar surface area (TPSA) is 49.8 Å². The van der Waals surface area contributed by atoms with E-state index in [2.05, 4.69) is 20.6 Å². The lowest BCUT2D eigenvalue weighted by molar-refractivity contribution is 0.409. The van der Waals surface area contributed by atoms with E-state index in [4.69, 9.17) is 0 Å². The molecule has 28 heavy (non-hydrogen) atoms. The Bertz CT molecular complexity index is 809. The van der Waals surface area contributed by atoms with Crippen molar-refractivity contribution in [2.24, 2.45) is 5.92 Å². The highest BCUT2D eigenvalue weighted by atomic mass is 19.2. The van der Waals surface area contributed by atoms with E-state index in [1.807, 2.05) is 0 Å². The Morgan fingerprint density at radius 2 is 1.07 bits per heavy atom. The quantitative estimate of drug-likeness (QED) is 0.379. The summed E-state index contributed by atoms with van der Waals surface area (Å²) in [6.45, 7) is 1.46. The van der Waals surface area contributed by atoms with Gasteiger partial charge in [-0.3, -0.25) is 0 Å². The summed E-state index contributed by atoms with van der Waals surface area (Å²) in [5.41, 5.74) is -2.00. The Kier molecular flexibility index (Phi) is 6.97. The summed E-state index contributed by atoms with van der Waals surface area (Å²) >= 11 is 0. The van der Waals surface area contributed by atoms with Crippen molar-refractivity contribution in [1.82, 2.24) is 9.97 Å². The van der Waals surface area contributed by atoms with Crippen LogP contribution in [0.15, 0.2) is 0 Å². The summed E-state index contributed by atoms with van der Waals surface area (Å²) in [7, 11) is 0. The number of aromatic nitrogens is 2. The lowest BCUT2D eigenvalue weighted by atomic mass is 10.1. The maximum absolute atomic E-state index is 13.5. The summed E-state index contributed by atoms with van der Waals surface area (Å²) in [4.78, 5) is 4.84. The Hall–Kier alpha value is -2.66. The van der Waals surface area contributed by atoms with Crippen LogP contribution in [-0.2, 0) is 0 Å². The average Bonchev–Trinajstić information content (AvgIpc) is 2.64. The molecule has 0 aliphatic carbocycles. The largest absolute Gasteiger partial charge is 0.380 e. The first-order chi connectivity index (χ1) is 13.1. The van der Waals surface area contributed by atoms with Gasteiger partial charge < -0.3 is 10.6 Å². The predicted octanol–water partition coefficient (Wildman–Crippen LogP) is 4.53. The number of pyridine rings is 2. The van der Waals surface area contributed by atoms with E-state index in [0.29, 0.717) is 6.42 Å². The lowest BCUT2D eigenvalue weighted by Gasteiger charge is -2.15. The highest BCUT2D eigenvalue weighted by Gasteiger charge is 2.22. The number of halogens is 8. The number of nitrogens with one attached hydrogen (secondary N) is 2. The van der Waals surface area contributed by atoms with Crippen LogP contribution in [-0.4, -0.2) is 23.1 Å². The lowest BCUT2D eigenvalue weighted by Crippen LogP contribution is -2.17. The van der Waals surface area contributed by atoms with Gasteiger partial charge in [0.2, 0.25) is 23.3 Å². The Balaban J connectivity index is 1.86. The molecule has 0 bridgehead atoms. The van der Waals surface area contributed by atoms with Gasteiger partial charge in [0.25, 0.3) is 23.8 Å². The monoisotopic (exact) mass is 414 g/mol. The van der Waals surface area contributed by atoms with Crippen LogP contribution in [0.1, 0.15) is 19.8 Å². The third-order valence-electron chi connectivity index (χ3n) is 3.80. The fraction of sp³-hybridized carbons (Fsp3) is 0.375. The van der Waals surface area contributed by atoms with E-state index in [9.17, 15) is 35.1 Å². The highest BCUT2D eigenvalue weighted by molar-refractivity contribution is 5.46. The molecule has 1 atom stereocenters. The standard InChI is InChI=1S/C16H14F8N4/c1-6(5-26-12-9(19)15(23)28-16(24)10(12)20)3-2-4-25-11-7(17)13(21)27-14(22)8(11)18/h6H,2-5H2,1H3,(H,25,27)(H,26,28). The molecule has 4 nitrogen and oxygen atoms in total. The number of hydrogen-bond acceptors (Lipinski definition) is 4. The molecule has 0 fully saturated rings. The van der Waals surface area contributed by atoms with Crippen LogP contribution in [0.25, 0.3) is 0 Å². The van der Waals surface area contributed by atoms with Crippen LogP contribution in [0.4, 0.5) is 46.5 Å². The molecule has 0 spiro atoms. The van der Waals surface area contributed by atoms with Gasteiger partial charge in [-0.2, -0.15) is 45.1 Å². The molecule has 0 radical (unpaired) electrons. The van der Waals surface area contributed by atoms with Crippen molar-refractivity contribution in [3.05, 3.63) is 47.1 Å². The van der Waals surface area contributed by atoms with E-state index < -0.39 is 58.4 Å². The zero-order chi connectivity index (χ0) is 21.0. The molecule has 0 aromatic carbocycles. The molecule has 154 valence electrons. The van der Waals surface area contributed by atoms with E-state index in [0.717, 1.165) is 0 Å². The van der Waals surface area contributed by atoms with Crippen molar-refractivity contribution in [3.63, 3.8) is 0 Å². The van der Waals surface area contributed by atoms with Crippen LogP contribution < -0.4 is 10.6 Å². The van der Waals surface area contributed by atoms with Crippen LogP contribution in [0.3, 0.4) is 0 Å². The van der Waals surface area contributed by atoms with E-state index >= 15 is 0 Å². The minimum Gasteiger partial charge on any atom is -0.380 e. The number of nitrogens with zero attached hydrogens (tertiary/aromatic N) is 2. The number of rotatable bonds is 8. The third-order valence-corrected chi connectivity index (χ3v) is 3.80. The molecule has 2 rings (SSSR count). The number of hydrogen-bond donors (Lipinski definition) is 2.